The maximum atomic E-state index is 7.02. The number of fused-ring (bicyclic) bond motifs is 9. The summed E-state index contributed by atoms with van der Waals surface area (Å²) in [5.41, 5.74) is 12.3. The van der Waals surface area contributed by atoms with Crippen molar-refractivity contribution in [1.29, 1.82) is 0 Å². The fraction of sp³-hybridized carbons (Fsp3) is 0.0189. The minimum Gasteiger partial charge on any atom is -0.456 e. The summed E-state index contributed by atoms with van der Waals surface area (Å²) >= 11 is 1.86. The van der Waals surface area contributed by atoms with E-state index in [1.807, 2.05) is 11.8 Å². The Balaban J connectivity index is 1.07. The van der Waals surface area contributed by atoms with E-state index in [1.165, 1.54) is 48.4 Å². The van der Waals surface area contributed by atoms with Crippen LogP contribution in [0.5, 0.6) is 11.5 Å². The van der Waals surface area contributed by atoms with Crippen molar-refractivity contribution in [3.63, 3.8) is 0 Å². The van der Waals surface area contributed by atoms with E-state index in [-0.39, 0.29) is 0 Å². The molecule has 0 saturated carbocycles. The second kappa shape index (κ2) is 13.2. The first-order valence-electron chi connectivity index (χ1n) is 19.1. The van der Waals surface area contributed by atoms with E-state index in [2.05, 4.69) is 217 Å². The lowest BCUT2D eigenvalue weighted by Gasteiger charge is -2.45. The van der Waals surface area contributed by atoms with Crippen LogP contribution in [0, 0.1) is 0 Å². The highest BCUT2D eigenvalue weighted by molar-refractivity contribution is 7.99. The van der Waals surface area contributed by atoms with Gasteiger partial charge in [0.25, 0.3) is 0 Å². The zero-order valence-corrected chi connectivity index (χ0v) is 31.3. The van der Waals surface area contributed by atoms with Gasteiger partial charge in [0.2, 0.25) is 0 Å². The molecule has 0 amide bonds. The summed E-state index contributed by atoms with van der Waals surface area (Å²) in [6.07, 6.45) is 0. The number of hydrogen-bond donors (Lipinski definition) is 0. The summed E-state index contributed by atoms with van der Waals surface area (Å²) in [6.45, 7) is 0. The van der Waals surface area contributed by atoms with Gasteiger partial charge < -0.3 is 9.64 Å². The van der Waals surface area contributed by atoms with Crippen molar-refractivity contribution >= 4 is 39.6 Å². The zero-order chi connectivity index (χ0) is 37.1. The van der Waals surface area contributed by atoms with Crippen LogP contribution in [0.15, 0.2) is 222 Å². The van der Waals surface area contributed by atoms with Crippen molar-refractivity contribution in [2.24, 2.45) is 0 Å². The molecular formula is C53H35NOS. The lowest BCUT2D eigenvalue weighted by atomic mass is 9.63. The van der Waals surface area contributed by atoms with Crippen molar-refractivity contribution < 1.29 is 4.74 Å². The maximum absolute atomic E-state index is 7.02. The largest absolute Gasteiger partial charge is 0.456 e. The number of ether oxygens (including phenoxy) is 1. The Morgan fingerprint density at radius 1 is 0.393 bits per heavy atom. The van der Waals surface area contributed by atoms with Crippen LogP contribution in [0.3, 0.4) is 0 Å². The van der Waals surface area contributed by atoms with Crippen molar-refractivity contribution in [3.8, 4) is 33.8 Å². The summed E-state index contributed by atoms with van der Waals surface area (Å²) in [5.74, 6) is 1.79. The van der Waals surface area contributed by atoms with Gasteiger partial charge in [0, 0.05) is 43.2 Å². The Morgan fingerprint density at radius 3 is 1.66 bits per heavy atom. The molecule has 1 spiro atoms. The van der Waals surface area contributed by atoms with Crippen LogP contribution in [0.1, 0.15) is 22.3 Å². The van der Waals surface area contributed by atoms with Crippen LogP contribution in [0.4, 0.5) is 17.1 Å². The third-order valence-corrected chi connectivity index (χ3v) is 12.6. The molecule has 0 fully saturated rings. The van der Waals surface area contributed by atoms with E-state index in [0.29, 0.717) is 0 Å². The van der Waals surface area contributed by atoms with Gasteiger partial charge in [-0.3, -0.25) is 0 Å². The minimum absolute atomic E-state index is 0.532. The Kier molecular flexibility index (Phi) is 7.68. The van der Waals surface area contributed by atoms with Crippen LogP contribution in [-0.2, 0) is 5.41 Å². The minimum atomic E-state index is -0.532. The van der Waals surface area contributed by atoms with Crippen molar-refractivity contribution in [3.05, 3.63) is 235 Å². The first-order chi connectivity index (χ1) is 27.8. The van der Waals surface area contributed by atoms with E-state index < -0.39 is 5.41 Å². The predicted molar refractivity (Wildman–Crippen MR) is 232 cm³/mol. The summed E-state index contributed by atoms with van der Waals surface area (Å²) < 4.78 is 7.02. The van der Waals surface area contributed by atoms with Crippen LogP contribution >= 0.6 is 11.8 Å². The quantitative estimate of drug-likeness (QED) is 0.175. The zero-order valence-electron chi connectivity index (χ0n) is 30.5. The van der Waals surface area contributed by atoms with Gasteiger partial charge in [0.15, 0.2) is 0 Å². The molecule has 264 valence electrons. The third kappa shape index (κ3) is 5.05. The van der Waals surface area contributed by atoms with Gasteiger partial charge in [-0.05, 0) is 81.7 Å². The summed E-state index contributed by atoms with van der Waals surface area (Å²) in [4.78, 5) is 4.92. The molecule has 0 N–H and O–H groups in total. The average molecular weight is 734 g/mol. The molecule has 0 aliphatic carbocycles. The van der Waals surface area contributed by atoms with E-state index >= 15 is 0 Å². The molecule has 9 aromatic carbocycles. The van der Waals surface area contributed by atoms with E-state index in [9.17, 15) is 0 Å². The number of benzene rings is 9. The fourth-order valence-corrected chi connectivity index (χ4v) is 10.1. The van der Waals surface area contributed by atoms with Crippen molar-refractivity contribution in [1.82, 2.24) is 0 Å². The monoisotopic (exact) mass is 733 g/mol. The molecule has 9 aromatic rings. The molecule has 2 aliphatic heterocycles. The molecule has 0 unspecified atom stereocenters. The van der Waals surface area contributed by atoms with Gasteiger partial charge in [-0.2, -0.15) is 0 Å². The van der Waals surface area contributed by atoms with E-state index in [4.69, 9.17) is 4.74 Å². The molecule has 0 atom stereocenters. The number of nitrogens with zero attached hydrogens (tertiary/aromatic N) is 1. The molecule has 0 aromatic heterocycles. The molecule has 56 heavy (non-hydrogen) atoms. The number of anilines is 3. The van der Waals surface area contributed by atoms with Gasteiger partial charge >= 0.3 is 0 Å². The molecule has 0 saturated heterocycles. The first-order valence-corrected chi connectivity index (χ1v) is 19.9. The fourth-order valence-electron chi connectivity index (χ4n) is 8.92. The predicted octanol–water partition coefficient (Wildman–Crippen LogP) is 14.6. The van der Waals surface area contributed by atoms with Crippen LogP contribution in [0.25, 0.3) is 33.0 Å². The smallest absolute Gasteiger partial charge is 0.140 e. The van der Waals surface area contributed by atoms with Crippen LogP contribution < -0.4 is 9.64 Å². The highest BCUT2D eigenvalue weighted by Gasteiger charge is 2.50. The van der Waals surface area contributed by atoms with Gasteiger partial charge in [0.05, 0.1) is 11.1 Å². The van der Waals surface area contributed by atoms with Gasteiger partial charge in [-0.15, -0.1) is 0 Å². The van der Waals surface area contributed by atoms with E-state index in [0.717, 1.165) is 45.3 Å². The average Bonchev–Trinajstić information content (AvgIpc) is 3.27. The standard InChI is InChI=1S/C53H35NOS/c1-2-14-36(15-3-1)37-28-32-40(33-29-37)54(48-24-12-17-38-16-4-5-18-42(38)48)41-34-30-39(31-35-41)43-19-13-23-47-52(43)55-49-25-9-6-20-44(49)53(47)45-21-7-10-26-50(45)56-51-27-11-8-22-46(51)53/h1-35H. The topological polar surface area (TPSA) is 12.5 Å². The maximum Gasteiger partial charge on any atom is 0.140 e. The number of para-hydroxylation sites is 2. The second-order valence-corrected chi connectivity index (χ2v) is 15.5. The molecule has 0 radical (unpaired) electrons. The molecule has 3 heteroatoms. The molecule has 11 rings (SSSR count). The summed E-state index contributed by atoms with van der Waals surface area (Å²) in [6, 6.07) is 76.7. The molecule has 0 bridgehead atoms. The molecule has 2 heterocycles. The molecular weight excluding hydrogens is 699 g/mol. The van der Waals surface area contributed by atoms with Crippen LogP contribution in [0.2, 0.25) is 0 Å². The highest BCUT2D eigenvalue weighted by Crippen LogP contribution is 2.62. The van der Waals surface area contributed by atoms with Gasteiger partial charge in [-0.1, -0.05) is 176 Å². The third-order valence-electron chi connectivity index (χ3n) is 11.4. The van der Waals surface area contributed by atoms with Crippen LogP contribution in [-0.4, -0.2) is 0 Å². The van der Waals surface area contributed by atoms with Crippen molar-refractivity contribution in [2.75, 3.05) is 4.90 Å². The summed E-state index contributed by atoms with van der Waals surface area (Å²) in [7, 11) is 0. The molecule has 2 nitrogen and oxygen atoms in total. The Labute approximate surface area is 331 Å². The number of hydrogen-bond acceptors (Lipinski definition) is 3. The first kappa shape index (κ1) is 32.6. The highest BCUT2D eigenvalue weighted by atomic mass is 32.2. The summed E-state index contributed by atoms with van der Waals surface area (Å²) in [5, 5.41) is 2.41. The lowest BCUT2D eigenvalue weighted by Crippen LogP contribution is -2.36. The normalized spacial score (nSPS) is 13.2. The second-order valence-electron chi connectivity index (χ2n) is 14.4. The van der Waals surface area contributed by atoms with Gasteiger partial charge in [-0.25, -0.2) is 0 Å². The SMILES string of the molecule is c1ccc(-c2ccc(N(c3ccc(-c4cccc5c4Oc4ccccc4C54c5ccccc5Sc5ccccc54)cc3)c3cccc4ccccc34)cc2)cc1. The van der Waals surface area contributed by atoms with E-state index in [1.54, 1.807) is 0 Å². The lowest BCUT2D eigenvalue weighted by molar-refractivity contribution is 0.433. The Morgan fingerprint density at radius 2 is 0.929 bits per heavy atom. The Bertz CT molecular complexity index is 2850. The molecule has 2 aliphatic rings. The number of rotatable bonds is 5. The van der Waals surface area contributed by atoms with Gasteiger partial charge in [0.1, 0.15) is 11.5 Å². The Hall–Kier alpha value is -6.81. The van der Waals surface area contributed by atoms with Crippen molar-refractivity contribution in [2.45, 2.75) is 15.2 Å².